The molecule has 1 aromatic rings. The summed E-state index contributed by atoms with van der Waals surface area (Å²) in [6.45, 7) is 1.74. The molecular formula is C15H22N2O3. The van der Waals surface area contributed by atoms with Gasteiger partial charge in [-0.2, -0.15) is 0 Å². The van der Waals surface area contributed by atoms with Gasteiger partial charge in [0.05, 0.1) is 7.11 Å². The van der Waals surface area contributed by atoms with Crippen LogP contribution in [0, 0.1) is 0 Å². The minimum Gasteiger partial charge on any atom is -0.493 e. The third-order valence-electron chi connectivity index (χ3n) is 3.56. The molecule has 1 saturated carbocycles. The first kappa shape index (κ1) is 14.5. The fourth-order valence-electron chi connectivity index (χ4n) is 2.41. The molecule has 0 aromatic heterocycles. The summed E-state index contributed by atoms with van der Waals surface area (Å²) in [6, 6.07) is 5.41. The van der Waals surface area contributed by atoms with Gasteiger partial charge in [0.25, 0.3) is 5.91 Å². The zero-order valence-electron chi connectivity index (χ0n) is 12.0. The molecule has 0 heterocycles. The van der Waals surface area contributed by atoms with E-state index in [-0.39, 0.29) is 5.91 Å². The highest BCUT2D eigenvalue weighted by Crippen LogP contribution is 2.29. The van der Waals surface area contributed by atoms with Gasteiger partial charge in [-0.1, -0.05) is 12.8 Å². The molecule has 2 rings (SSSR count). The Morgan fingerprint density at radius 2 is 2.05 bits per heavy atom. The lowest BCUT2D eigenvalue weighted by atomic mass is 10.2. The molecule has 0 spiro atoms. The van der Waals surface area contributed by atoms with Crippen LogP contribution in [-0.4, -0.2) is 25.2 Å². The summed E-state index contributed by atoms with van der Waals surface area (Å²) in [5.74, 6) is 0.970. The molecule has 3 N–H and O–H groups in total. The molecule has 1 amide bonds. The number of rotatable bonds is 5. The Kier molecular flexibility index (Phi) is 4.71. The van der Waals surface area contributed by atoms with Gasteiger partial charge in [0.15, 0.2) is 17.6 Å². The van der Waals surface area contributed by atoms with E-state index in [0.717, 1.165) is 12.8 Å². The van der Waals surface area contributed by atoms with E-state index in [4.69, 9.17) is 15.2 Å². The molecule has 5 nitrogen and oxygen atoms in total. The van der Waals surface area contributed by atoms with Gasteiger partial charge in [0.2, 0.25) is 0 Å². The number of carbonyl (C=O) groups is 1. The largest absolute Gasteiger partial charge is 0.493 e. The Labute approximate surface area is 119 Å². The van der Waals surface area contributed by atoms with Crippen LogP contribution in [0.25, 0.3) is 0 Å². The van der Waals surface area contributed by atoms with Crippen molar-refractivity contribution in [3.63, 3.8) is 0 Å². The normalized spacial score (nSPS) is 16.7. The number of methoxy groups -OCH3 is 1. The van der Waals surface area contributed by atoms with E-state index in [1.165, 1.54) is 12.8 Å². The van der Waals surface area contributed by atoms with Gasteiger partial charge in [-0.25, -0.2) is 0 Å². The quantitative estimate of drug-likeness (QED) is 0.809. The number of hydrogen-bond acceptors (Lipinski definition) is 4. The zero-order chi connectivity index (χ0) is 14.5. The third-order valence-corrected chi connectivity index (χ3v) is 3.56. The van der Waals surface area contributed by atoms with Crippen molar-refractivity contribution in [3.05, 3.63) is 18.2 Å². The van der Waals surface area contributed by atoms with Crippen molar-refractivity contribution in [2.24, 2.45) is 0 Å². The highest BCUT2D eigenvalue weighted by Gasteiger charge is 2.22. The molecule has 1 unspecified atom stereocenters. The number of ether oxygens (including phenoxy) is 2. The third kappa shape index (κ3) is 3.56. The van der Waals surface area contributed by atoms with Gasteiger partial charge in [0, 0.05) is 17.8 Å². The summed E-state index contributed by atoms with van der Waals surface area (Å²) in [5.41, 5.74) is 6.28. The van der Waals surface area contributed by atoms with Crippen LogP contribution in [0.5, 0.6) is 11.5 Å². The van der Waals surface area contributed by atoms with E-state index in [1.54, 1.807) is 32.2 Å². The maximum atomic E-state index is 12.1. The summed E-state index contributed by atoms with van der Waals surface area (Å²) in [5, 5.41) is 3.02. The van der Waals surface area contributed by atoms with Crippen LogP contribution in [-0.2, 0) is 4.79 Å². The standard InChI is InChI=1S/C15H22N2O3/c1-10(15(18)17-12-5-3-4-6-12)20-13-8-7-11(16)9-14(13)19-2/h7-10,12H,3-6,16H2,1-2H3,(H,17,18). The average molecular weight is 278 g/mol. The number of nitrogen functional groups attached to an aromatic ring is 1. The first-order chi connectivity index (χ1) is 9.60. The molecule has 0 radical (unpaired) electrons. The Balaban J connectivity index is 1.96. The van der Waals surface area contributed by atoms with E-state index < -0.39 is 6.10 Å². The molecule has 1 aromatic carbocycles. The van der Waals surface area contributed by atoms with Gasteiger partial charge < -0.3 is 20.5 Å². The molecule has 0 saturated heterocycles. The second kappa shape index (κ2) is 6.50. The Hall–Kier alpha value is -1.91. The van der Waals surface area contributed by atoms with Crippen LogP contribution in [0.3, 0.4) is 0 Å². The predicted molar refractivity (Wildman–Crippen MR) is 77.9 cm³/mol. The maximum absolute atomic E-state index is 12.1. The molecule has 5 heteroatoms. The van der Waals surface area contributed by atoms with Crippen molar-refractivity contribution in [1.82, 2.24) is 5.32 Å². The molecule has 110 valence electrons. The fourth-order valence-corrected chi connectivity index (χ4v) is 2.41. The summed E-state index contributed by atoms with van der Waals surface area (Å²) in [4.78, 5) is 12.1. The van der Waals surface area contributed by atoms with Gasteiger partial charge in [0.1, 0.15) is 0 Å². The van der Waals surface area contributed by atoms with Crippen LogP contribution in [0.2, 0.25) is 0 Å². The first-order valence-corrected chi connectivity index (χ1v) is 7.00. The molecule has 0 bridgehead atoms. The van der Waals surface area contributed by atoms with E-state index in [1.807, 2.05) is 0 Å². The van der Waals surface area contributed by atoms with Crippen molar-refractivity contribution in [3.8, 4) is 11.5 Å². The minimum atomic E-state index is -0.562. The fraction of sp³-hybridized carbons (Fsp3) is 0.533. The lowest BCUT2D eigenvalue weighted by molar-refractivity contribution is -0.128. The number of benzene rings is 1. The van der Waals surface area contributed by atoms with Crippen molar-refractivity contribution in [2.75, 3.05) is 12.8 Å². The molecule has 1 aliphatic carbocycles. The van der Waals surface area contributed by atoms with Crippen LogP contribution < -0.4 is 20.5 Å². The Morgan fingerprint density at radius 1 is 1.35 bits per heavy atom. The van der Waals surface area contributed by atoms with Gasteiger partial charge in [-0.05, 0) is 31.9 Å². The number of nitrogens with one attached hydrogen (secondary N) is 1. The summed E-state index contributed by atoms with van der Waals surface area (Å²) < 4.78 is 10.9. The summed E-state index contributed by atoms with van der Waals surface area (Å²) >= 11 is 0. The number of amides is 1. The Bertz CT molecular complexity index is 470. The van der Waals surface area contributed by atoms with Crippen molar-refractivity contribution < 1.29 is 14.3 Å². The van der Waals surface area contributed by atoms with Crippen LogP contribution in [0.15, 0.2) is 18.2 Å². The Morgan fingerprint density at radius 3 is 2.70 bits per heavy atom. The molecule has 20 heavy (non-hydrogen) atoms. The van der Waals surface area contributed by atoms with Crippen molar-refractivity contribution >= 4 is 11.6 Å². The first-order valence-electron chi connectivity index (χ1n) is 7.00. The minimum absolute atomic E-state index is 0.0872. The number of carbonyl (C=O) groups excluding carboxylic acids is 1. The van der Waals surface area contributed by atoms with Crippen LogP contribution in [0.4, 0.5) is 5.69 Å². The maximum Gasteiger partial charge on any atom is 0.260 e. The smallest absolute Gasteiger partial charge is 0.260 e. The summed E-state index contributed by atoms with van der Waals surface area (Å²) in [7, 11) is 1.55. The second-order valence-electron chi connectivity index (χ2n) is 5.16. The van der Waals surface area contributed by atoms with Gasteiger partial charge >= 0.3 is 0 Å². The van der Waals surface area contributed by atoms with Gasteiger partial charge in [-0.15, -0.1) is 0 Å². The zero-order valence-corrected chi connectivity index (χ0v) is 12.0. The van der Waals surface area contributed by atoms with Crippen molar-refractivity contribution in [2.45, 2.75) is 44.8 Å². The lowest BCUT2D eigenvalue weighted by Crippen LogP contribution is -2.41. The average Bonchev–Trinajstić information content (AvgIpc) is 2.93. The van der Waals surface area contributed by atoms with Crippen LogP contribution >= 0.6 is 0 Å². The van der Waals surface area contributed by atoms with Gasteiger partial charge in [-0.3, -0.25) is 4.79 Å². The number of anilines is 1. The molecule has 1 aliphatic rings. The molecule has 1 fully saturated rings. The van der Waals surface area contributed by atoms with E-state index >= 15 is 0 Å². The monoisotopic (exact) mass is 278 g/mol. The highest BCUT2D eigenvalue weighted by atomic mass is 16.5. The highest BCUT2D eigenvalue weighted by molar-refractivity contribution is 5.81. The topological polar surface area (TPSA) is 73.6 Å². The number of hydrogen-bond donors (Lipinski definition) is 2. The second-order valence-corrected chi connectivity index (χ2v) is 5.16. The molecule has 0 aliphatic heterocycles. The van der Waals surface area contributed by atoms with E-state index in [9.17, 15) is 4.79 Å². The predicted octanol–water partition coefficient (Wildman–Crippen LogP) is 2.10. The molecular weight excluding hydrogens is 256 g/mol. The van der Waals surface area contributed by atoms with Crippen molar-refractivity contribution in [1.29, 1.82) is 0 Å². The van der Waals surface area contributed by atoms with Crippen LogP contribution in [0.1, 0.15) is 32.6 Å². The SMILES string of the molecule is COc1cc(N)ccc1OC(C)C(=O)NC1CCCC1. The number of nitrogens with two attached hydrogens (primary N) is 1. The van der Waals surface area contributed by atoms with E-state index in [0.29, 0.717) is 23.2 Å². The van der Waals surface area contributed by atoms with E-state index in [2.05, 4.69) is 5.32 Å². The molecule has 1 atom stereocenters. The summed E-state index contributed by atoms with van der Waals surface area (Å²) in [6.07, 6.45) is 3.93. The lowest BCUT2D eigenvalue weighted by Gasteiger charge is -2.19.